The number of nitrogens with one attached hydrogen (secondary N) is 1. The van der Waals surface area contributed by atoms with E-state index in [1.807, 2.05) is 4.90 Å². The molecule has 0 aromatic carbocycles. The fraction of sp³-hybridized carbons (Fsp3) is 0.812. The number of amides is 3. The smallest absolute Gasteiger partial charge is 0.317 e. The molecule has 3 aliphatic rings. The summed E-state index contributed by atoms with van der Waals surface area (Å²) < 4.78 is 0. The van der Waals surface area contributed by atoms with Crippen molar-refractivity contribution >= 4 is 17.9 Å². The summed E-state index contributed by atoms with van der Waals surface area (Å²) in [7, 11) is 0. The van der Waals surface area contributed by atoms with Gasteiger partial charge in [-0.05, 0) is 44.4 Å². The zero-order chi connectivity index (χ0) is 17.3. The van der Waals surface area contributed by atoms with E-state index in [0.717, 1.165) is 25.8 Å². The van der Waals surface area contributed by atoms with Gasteiger partial charge in [0, 0.05) is 25.2 Å². The predicted octanol–water partition coefficient (Wildman–Crippen LogP) is -0.0267. The number of hydrogen-bond acceptors (Lipinski definition) is 4. The third-order valence-electron chi connectivity index (χ3n) is 5.34. The Labute approximate surface area is 141 Å². The Morgan fingerprint density at radius 2 is 1.92 bits per heavy atom. The fourth-order valence-corrected chi connectivity index (χ4v) is 3.75. The van der Waals surface area contributed by atoms with E-state index in [9.17, 15) is 14.4 Å². The topological polar surface area (TPSA) is 116 Å². The van der Waals surface area contributed by atoms with Crippen LogP contribution in [0.15, 0.2) is 0 Å². The fourth-order valence-electron chi connectivity index (χ4n) is 3.75. The predicted molar refractivity (Wildman–Crippen MR) is 86.2 cm³/mol. The van der Waals surface area contributed by atoms with Crippen molar-refractivity contribution in [1.82, 2.24) is 15.1 Å². The lowest BCUT2D eigenvalue weighted by molar-refractivity contribution is -0.140. The van der Waals surface area contributed by atoms with Gasteiger partial charge in [0.2, 0.25) is 5.91 Å². The van der Waals surface area contributed by atoms with Gasteiger partial charge in [-0.1, -0.05) is 0 Å². The molecule has 1 heterocycles. The van der Waals surface area contributed by atoms with Crippen LogP contribution in [0.4, 0.5) is 4.79 Å². The maximum absolute atomic E-state index is 12.3. The third kappa shape index (κ3) is 3.98. The minimum absolute atomic E-state index is 0.0633. The van der Waals surface area contributed by atoms with Crippen molar-refractivity contribution < 1.29 is 19.5 Å². The lowest BCUT2D eigenvalue weighted by atomic mass is 9.85. The van der Waals surface area contributed by atoms with Crippen LogP contribution in [0.2, 0.25) is 0 Å². The van der Waals surface area contributed by atoms with Crippen LogP contribution in [-0.4, -0.2) is 70.6 Å². The number of rotatable bonds is 7. The molecule has 4 N–H and O–H groups in total. The maximum Gasteiger partial charge on any atom is 0.317 e. The second-order valence-electron chi connectivity index (χ2n) is 7.29. The maximum atomic E-state index is 12.3. The van der Waals surface area contributed by atoms with Gasteiger partial charge in [-0.15, -0.1) is 0 Å². The molecule has 3 fully saturated rings. The standard InChI is InChI=1S/C16H26N4O4/c17-16(24)20-5-1-2-13(20)15(23)18-11-6-12(7-11)19(9-14(21)22)8-10-3-4-10/h10-13H,1-9H2,(H2,17,24)(H,18,23)(H,21,22)/t11?,12?,13-/m0/s1. The highest BCUT2D eigenvalue weighted by atomic mass is 16.4. The molecule has 0 aromatic rings. The number of nitrogens with zero attached hydrogens (tertiary/aromatic N) is 2. The molecule has 2 saturated carbocycles. The van der Waals surface area contributed by atoms with Crippen molar-refractivity contribution in [3.8, 4) is 0 Å². The number of carboxylic acids is 1. The van der Waals surface area contributed by atoms with Gasteiger partial charge in [-0.25, -0.2) is 4.79 Å². The molecule has 24 heavy (non-hydrogen) atoms. The average Bonchev–Trinajstić information content (AvgIpc) is 3.13. The molecule has 134 valence electrons. The highest BCUT2D eigenvalue weighted by Crippen LogP contribution is 2.34. The molecular weight excluding hydrogens is 312 g/mol. The SMILES string of the molecule is NC(=O)N1CCC[C@H]1C(=O)NC1CC(N(CC(=O)O)CC2CC2)C1. The quantitative estimate of drug-likeness (QED) is 0.603. The number of aliphatic carboxylic acids is 1. The van der Waals surface area contributed by atoms with Gasteiger partial charge in [0.05, 0.1) is 6.54 Å². The van der Waals surface area contributed by atoms with Crippen LogP contribution in [0.1, 0.15) is 38.5 Å². The first-order chi connectivity index (χ1) is 11.4. The summed E-state index contributed by atoms with van der Waals surface area (Å²) in [6, 6.07) is -0.713. The summed E-state index contributed by atoms with van der Waals surface area (Å²) >= 11 is 0. The number of primary amides is 1. The van der Waals surface area contributed by atoms with Crippen LogP contribution in [-0.2, 0) is 9.59 Å². The zero-order valence-corrected chi connectivity index (χ0v) is 13.8. The molecule has 8 nitrogen and oxygen atoms in total. The van der Waals surface area contributed by atoms with Gasteiger partial charge in [0.1, 0.15) is 6.04 Å². The molecule has 1 atom stereocenters. The van der Waals surface area contributed by atoms with Gasteiger partial charge in [0.15, 0.2) is 0 Å². The monoisotopic (exact) mass is 338 g/mol. The number of urea groups is 1. The molecule has 8 heteroatoms. The van der Waals surface area contributed by atoms with Crippen molar-refractivity contribution in [3.63, 3.8) is 0 Å². The number of carbonyl (C=O) groups excluding carboxylic acids is 2. The van der Waals surface area contributed by atoms with E-state index >= 15 is 0 Å². The third-order valence-corrected chi connectivity index (χ3v) is 5.34. The molecule has 0 spiro atoms. The Morgan fingerprint density at radius 1 is 1.21 bits per heavy atom. The summed E-state index contributed by atoms with van der Waals surface area (Å²) in [6.45, 7) is 1.45. The summed E-state index contributed by atoms with van der Waals surface area (Å²) in [4.78, 5) is 38.2. The van der Waals surface area contributed by atoms with E-state index in [0.29, 0.717) is 18.9 Å². The Bertz CT molecular complexity index is 516. The number of carbonyl (C=O) groups is 3. The van der Waals surface area contributed by atoms with Crippen LogP contribution in [0, 0.1) is 5.92 Å². The minimum atomic E-state index is -0.800. The van der Waals surface area contributed by atoms with Gasteiger partial charge < -0.3 is 21.1 Å². The van der Waals surface area contributed by atoms with Crippen molar-refractivity contribution in [2.75, 3.05) is 19.6 Å². The highest BCUT2D eigenvalue weighted by Gasteiger charge is 2.40. The van der Waals surface area contributed by atoms with Gasteiger partial charge in [-0.2, -0.15) is 0 Å². The van der Waals surface area contributed by atoms with E-state index in [-0.39, 0.29) is 24.5 Å². The van der Waals surface area contributed by atoms with Crippen LogP contribution in [0.25, 0.3) is 0 Å². The van der Waals surface area contributed by atoms with Crippen molar-refractivity contribution in [2.24, 2.45) is 11.7 Å². The van der Waals surface area contributed by atoms with Gasteiger partial charge in [0.25, 0.3) is 0 Å². The first kappa shape index (κ1) is 17.0. The Hall–Kier alpha value is -1.83. The molecule has 2 aliphatic carbocycles. The number of hydrogen-bond donors (Lipinski definition) is 3. The molecule has 3 amide bonds. The molecule has 3 rings (SSSR count). The van der Waals surface area contributed by atoms with Crippen LogP contribution in [0.3, 0.4) is 0 Å². The number of likely N-dealkylation sites (tertiary alicyclic amines) is 1. The molecular formula is C16H26N4O4. The first-order valence-electron chi connectivity index (χ1n) is 8.76. The lowest BCUT2D eigenvalue weighted by Crippen LogP contribution is -2.58. The van der Waals surface area contributed by atoms with E-state index < -0.39 is 18.0 Å². The second-order valence-corrected chi connectivity index (χ2v) is 7.29. The van der Waals surface area contributed by atoms with Crippen LogP contribution in [0.5, 0.6) is 0 Å². The van der Waals surface area contributed by atoms with Crippen LogP contribution >= 0.6 is 0 Å². The van der Waals surface area contributed by atoms with E-state index in [4.69, 9.17) is 10.8 Å². The van der Waals surface area contributed by atoms with Crippen molar-refractivity contribution in [2.45, 2.75) is 56.7 Å². The summed E-state index contributed by atoms with van der Waals surface area (Å²) in [5.74, 6) is -0.298. The van der Waals surface area contributed by atoms with Crippen molar-refractivity contribution in [3.05, 3.63) is 0 Å². The lowest BCUT2D eigenvalue weighted by Gasteiger charge is -2.43. The van der Waals surface area contributed by atoms with E-state index in [1.165, 1.54) is 17.7 Å². The summed E-state index contributed by atoms with van der Waals surface area (Å²) in [6.07, 6.45) is 5.37. The normalized spacial score (nSPS) is 29.4. The Balaban J connectivity index is 1.46. The second kappa shape index (κ2) is 6.96. The molecule has 0 bridgehead atoms. The molecule has 0 unspecified atom stereocenters. The first-order valence-corrected chi connectivity index (χ1v) is 8.76. The van der Waals surface area contributed by atoms with E-state index in [2.05, 4.69) is 5.32 Å². The average molecular weight is 338 g/mol. The number of carboxylic acid groups (broad SMARTS) is 1. The van der Waals surface area contributed by atoms with Gasteiger partial charge in [-0.3, -0.25) is 14.5 Å². The Kier molecular flexibility index (Phi) is 4.93. The van der Waals surface area contributed by atoms with E-state index in [1.54, 1.807) is 0 Å². The molecule has 0 radical (unpaired) electrons. The molecule has 0 aromatic heterocycles. The zero-order valence-electron chi connectivity index (χ0n) is 13.8. The Morgan fingerprint density at radius 3 is 2.50 bits per heavy atom. The summed E-state index contributed by atoms with van der Waals surface area (Å²) in [5, 5.41) is 12.0. The largest absolute Gasteiger partial charge is 0.480 e. The van der Waals surface area contributed by atoms with Crippen LogP contribution < -0.4 is 11.1 Å². The highest BCUT2D eigenvalue weighted by molar-refractivity contribution is 5.87. The van der Waals surface area contributed by atoms with Crippen molar-refractivity contribution in [1.29, 1.82) is 0 Å². The molecule has 1 aliphatic heterocycles. The number of nitrogens with two attached hydrogens (primary N) is 1. The van der Waals surface area contributed by atoms with Gasteiger partial charge >= 0.3 is 12.0 Å². The molecule has 1 saturated heterocycles. The minimum Gasteiger partial charge on any atom is -0.480 e. The summed E-state index contributed by atoms with van der Waals surface area (Å²) in [5.41, 5.74) is 5.31.